The second-order valence-corrected chi connectivity index (χ2v) is 5.16. The summed E-state index contributed by atoms with van der Waals surface area (Å²) in [6.07, 6.45) is 5.41. The molecule has 2 aromatic rings. The van der Waals surface area contributed by atoms with E-state index in [1.165, 1.54) is 5.56 Å². The maximum atomic E-state index is 10.3. The normalized spacial score (nSPS) is 18.6. The molecule has 0 amide bonds. The molecule has 1 saturated carbocycles. The van der Waals surface area contributed by atoms with E-state index >= 15 is 0 Å². The summed E-state index contributed by atoms with van der Waals surface area (Å²) in [6.45, 7) is 0.691. The summed E-state index contributed by atoms with van der Waals surface area (Å²) in [4.78, 5) is 2.97. The van der Waals surface area contributed by atoms with Gasteiger partial charge in [0.05, 0.1) is 0 Å². The predicted molar refractivity (Wildman–Crippen MR) is 71.3 cm³/mol. The van der Waals surface area contributed by atoms with Gasteiger partial charge in [0, 0.05) is 29.9 Å². The fourth-order valence-corrected chi connectivity index (χ4v) is 2.50. The van der Waals surface area contributed by atoms with Crippen LogP contribution in [0, 0.1) is 0 Å². The van der Waals surface area contributed by atoms with Gasteiger partial charge in [-0.05, 0) is 30.0 Å². The topological polar surface area (TPSA) is 62.0 Å². The van der Waals surface area contributed by atoms with Gasteiger partial charge in [-0.2, -0.15) is 0 Å². The molecular weight excluding hydrogens is 224 g/mol. The molecule has 1 heterocycles. The molecular formula is C15H18N2O. The van der Waals surface area contributed by atoms with Crippen LogP contribution in [0.25, 0.3) is 0 Å². The standard InChI is InChI=1S/C15H18N2O/c16-10-15(5-6-15)13-3-1-2-11(8-13)14(18)12-4-7-17-9-12/h1-4,7-9,14,17-18H,5-6,10,16H2. The first kappa shape index (κ1) is 11.5. The van der Waals surface area contributed by atoms with Crippen molar-refractivity contribution in [1.82, 2.24) is 4.98 Å². The number of aliphatic hydroxyl groups is 1. The number of aromatic nitrogens is 1. The van der Waals surface area contributed by atoms with E-state index in [9.17, 15) is 5.11 Å². The smallest absolute Gasteiger partial charge is 0.106 e. The van der Waals surface area contributed by atoms with Crippen LogP contribution < -0.4 is 5.73 Å². The van der Waals surface area contributed by atoms with Gasteiger partial charge in [0.1, 0.15) is 6.10 Å². The van der Waals surface area contributed by atoms with E-state index < -0.39 is 6.10 Å². The number of hydrogen-bond acceptors (Lipinski definition) is 2. The van der Waals surface area contributed by atoms with Crippen LogP contribution >= 0.6 is 0 Å². The summed E-state index contributed by atoms with van der Waals surface area (Å²) in [5, 5.41) is 10.3. The van der Waals surface area contributed by atoms with E-state index in [0.29, 0.717) is 6.54 Å². The number of aromatic amines is 1. The van der Waals surface area contributed by atoms with Crippen molar-refractivity contribution in [2.45, 2.75) is 24.4 Å². The molecule has 1 aliphatic carbocycles. The number of rotatable bonds is 4. The highest BCUT2D eigenvalue weighted by atomic mass is 16.3. The molecule has 1 aromatic heterocycles. The summed E-state index contributed by atoms with van der Waals surface area (Å²) >= 11 is 0. The van der Waals surface area contributed by atoms with E-state index in [2.05, 4.69) is 17.1 Å². The van der Waals surface area contributed by atoms with E-state index in [1.807, 2.05) is 30.6 Å². The lowest BCUT2D eigenvalue weighted by Gasteiger charge is -2.16. The van der Waals surface area contributed by atoms with Crippen molar-refractivity contribution in [3.05, 3.63) is 59.4 Å². The van der Waals surface area contributed by atoms with Crippen LogP contribution in [0.3, 0.4) is 0 Å². The molecule has 1 aromatic carbocycles. The molecule has 1 unspecified atom stereocenters. The van der Waals surface area contributed by atoms with Crippen molar-refractivity contribution in [3.8, 4) is 0 Å². The van der Waals surface area contributed by atoms with Crippen molar-refractivity contribution >= 4 is 0 Å². The minimum atomic E-state index is -0.565. The third-order valence-corrected chi connectivity index (χ3v) is 4.00. The van der Waals surface area contributed by atoms with Gasteiger partial charge < -0.3 is 15.8 Å². The molecule has 3 rings (SSSR count). The van der Waals surface area contributed by atoms with Crippen LogP contribution in [-0.2, 0) is 5.41 Å². The number of aliphatic hydroxyl groups excluding tert-OH is 1. The summed E-state index contributed by atoms with van der Waals surface area (Å²) in [5.74, 6) is 0. The quantitative estimate of drug-likeness (QED) is 0.768. The van der Waals surface area contributed by atoms with Crippen LogP contribution in [0.4, 0.5) is 0 Å². The average molecular weight is 242 g/mol. The average Bonchev–Trinajstić information content (AvgIpc) is 3.04. The molecule has 18 heavy (non-hydrogen) atoms. The third kappa shape index (κ3) is 1.85. The lowest BCUT2D eigenvalue weighted by Crippen LogP contribution is -2.19. The van der Waals surface area contributed by atoms with Crippen molar-refractivity contribution in [3.63, 3.8) is 0 Å². The molecule has 0 aliphatic heterocycles. The summed E-state index contributed by atoms with van der Waals surface area (Å²) in [6, 6.07) is 10.1. The van der Waals surface area contributed by atoms with Crippen LogP contribution in [-0.4, -0.2) is 16.6 Å². The molecule has 0 radical (unpaired) electrons. The number of H-pyrrole nitrogens is 1. The summed E-state index contributed by atoms with van der Waals surface area (Å²) < 4.78 is 0. The Morgan fingerprint density at radius 2 is 2.11 bits per heavy atom. The van der Waals surface area contributed by atoms with Crippen LogP contribution in [0.5, 0.6) is 0 Å². The van der Waals surface area contributed by atoms with Crippen LogP contribution in [0.15, 0.2) is 42.7 Å². The van der Waals surface area contributed by atoms with Crippen molar-refractivity contribution < 1.29 is 5.11 Å². The Balaban J connectivity index is 1.92. The zero-order valence-corrected chi connectivity index (χ0v) is 10.3. The van der Waals surface area contributed by atoms with E-state index in [1.54, 1.807) is 0 Å². The second-order valence-electron chi connectivity index (χ2n) is 5.16. The van der Waals surface area contributed by atoms with E-state index in [4.69, 9.17) is 5.73 Å². The Labute approximate surface area is 107 Å². The minimum Gasteiger partial charge on any atom is -0.384 e. The highest BCUT2D eigenvalue weighted by Gasteiger charge is 2.42. The fourth-order valence-electron chi connectivity index (χ4n) is 2.50. The Morgan fingerprint density at radius 3 is 2.72 bits per heavy atom. The van der Waals surface area contributed by atoms with Gasteiger partial charge in [-0.25, -0.2) is 0 Å². The molecule has 1 fully saturated rings. The molecule has 0 saturated heterocycles. The highest BCUT2D eigenvalue weighted by molar-refractivity contribution is 5.38. The number of benzene rings is 1. The van der Waals surface area contributed by atoms with Crippen molar-refractivity contribution in [2.75, 3.05) is 6.54 Å². The third-order valence-electron chi connectivity index (χ3n) is 4.00. The lowest BCUT2D eigenvalue weighted by molar-refractivity contribution is 0.220. The van der Waals surface area contributed by atoms with E-state index in [-0.39, 0.29) is 5.41 Å². The Hall–Kier alpha value is -1.58. The van der Waals surface area contributed by atoms with Gasteiger partial charge >= 0.3 is 0 Å². The molecule has 4 N–H and O–H groups in total. The maximum Gasteiger partial charge on any atom is 0.106 e. The second kappa shape index (κ2) is 4.26. The van der Waals surface area contributed by atoms with E-state index in [0.717, 1.165) is 24.0 Å². The number of nitrogens with two attached hydrogens (primary N) is 1. The lowest BCUT2D eigenvalue weighted by atomic mass is 9.92. The van der Waals surface area contributed by atoms with Gasteiger partial charge in [-0.1, -0.05) is 24.3 Å². The first-order chi connectivity index (χ1) is 8.75. The van der Waals surface area contributed by atoms with Gasteiger partial charge in [0.15, 0.2) is 0 Å². The summed E-state index contributed by atoms with van der Waals surface area (Å²) in [7, 11) is 0. The van der Waals surface area contributed by atoms with Crippen LogP contribution in [0.1, 0.15) is 35.6 Å². The molecule has 1 aliphatic rings. The molecule has 0 spiro atoms. The highest BCUT2D eigenvalue weighted by Crippen LogP contribution is 2.47. The largest absolute Gasteiger partial charge is 0.384 e. The Bertz CT molecular complexity index is 529. The van der Waals surface area contributed by atoms with Gasteiger partial charge in [-0.3, -0.25) is 0 Å². The van der Waals surface area contributed by atoms with Crippen molar-refractivity contribution in [1.29, 1.82) is 0 Å². The molecule has 0 bridgehead atoms. The monoisotopic (exact) mass is 242 g/mol. The molecule has 1 atom stereocenters. The molecule has 3 heteroatoms. The summed E-state index contributed by atoms with van der Waals surface area (Å²) in [5.41, 5.74) is 9.12. The Kier molecular flexibility index (Phi) is 2.73. The first-order valence-corrected chi connectivity index (χ1v) is 6.36. The number of hydrogen-bond donors (Lipinski definition) is 3. The zero-order valence-electron chi connectivity index (χ0n) is 10.3. The Morgan fingerprint density at radius 1 is 1.28 bits per heavy atom. The first-order valence-electron chi connectivity index (χ1n) is 6.36. The van der Waals surface area contributed by atoms with Gasteiger partial charge in [0.2, 0.25) is 0 Å². The molecule has 94 valence electrons. The zero-order chi connectivity index (χ0) is 12.6. The maximum absolute atomic E-state index is 10.3. The number of nitrogens with one attached hydrogen (secondary N) is 1. The SMILES string of the molecule is NCC1(c2cccc(C(O)c3cc[nH]c3)c2)CC1. The van der Waals surface area contributed by atoms with Gasteiger partial charge in [0.25, 0.3) is 0 Å². The predicted octanol–water partition coefficient (Wildman–Crippen LogP) is 2.09. The molecule has 3 nitrogen and oxygen atoms in total. The van der Waals surface area contributed by atoms with Crippen molar-refractivity contribution in [2.24, 2.45) is 5.73 Å². The minimum absolute atomic E-state index is 0.174. The fraction of sp³-hybridized carbons (Fsp3) is 0.333. The van der Waals surface area contributed by atoms with Gasteiger partial charge in [-0.15, -0.1) is 0 Å². The van der Waals surface area contributed by atoms with Crippen LogP contribution in [0.2, 0.25) is 0 Å².